The maximum absolute atomic E-state index is 15.0. The van der Waals surface area contributed by atoms with Crippen molar-refractivity contribution in [1.82, 2.24) is 4.90 Å². The number of rotatable bonds is 9. The highest BCUT2D eigenvalue weighted by Crippen LogP contribution is 2.60. The minimum Gasteiger partial charge on any atom is -0.497 e. The van der Waals surface area contributed by atoms with Crippen LogP contribution < -0.4 is 14.5 Å². The Morgan fingerprint density at radius 3 is 2.44 bits per heavy atom. The molecule has 4 aliphatic rings. The quantitative estimate of drug-likeness (QED) is 0.190. The number of nitrogens with zero attached hydrogens (tertiary/aromatic N) is 3. The number of esters is 1. The van der Waals surface area contributed by atoms with Crippen molar-refractivity contribution < 1.29 is 43.3 Å². The van der Waals surface area contributed by atoms with Crippen LogP contribution in [0.5, 0.6) is 5.75 Å². The number of methoxy groups -OCH3 is 1. The maximum atomic E-state index is 15.0. The van der Waals surface area contributed by atoms with Crippen molar-refractivity contribution >= 4 is 43.4 Å². The van der Waals surface area contributed by atoms with Gasteiger partial charge in [0.25, 0.3) is 5.91 Å². The molecule has 0 saturated carbocycles. The molecule has 4 heterocycles. The summed E-state index contributed by atoms with van der Waals surface area (Å²) in [5.41, 5.74) is 2.64. The summed E-state index contributed by atoms with van der Waals surface area (Å²) in [6.07, 6.45) is -0.886. The minimum absolute atomic E-state index is 0.0611. The number of β-lactam (4-membered cyclic amide) rings is 1. The van der Waals surface area contributed by atoms with Gasteiger partial charge in [-0.15, -0.1) is 0 Å². The number of fused-ring (bicyclic) bond motifs is 3. The smallest absolute Gasteiger partial charge is 0.304 e. The molecular weight excluding hydrogens is 683 g/mol. The lowest BCUT2D eigenvalue weighted by Gasteiger charge is -2.39. The van der Waals surface area contributed by atoms with E-state index < -0.39 is 49.7 Å². The molecule has 52 heavy (non-hydrogen) atoms. The Hall–Kier alpha value is -4.56. The van der Waals surface area contributed by atoms with E-state index in [9.17, 15) is 29.1 Å². The van der Waals surface area contributed by atoms with Crippen molar-refractivity contribution in [3.8, 4) is 5.75 Å². The van der Waals surface area contributed by atoms with Crippen molar-refractivity contribution in [2.75, 3.05) is 23.5 Å². The second-order valence-corrected chi connectivity index (χ2v) is 18.8. The molecule has 2 saturated heterocycles. The van der Waals surface area contributed by atoms with Crippen LogP contribution in [0.25, 0.3) is 0 Å². The van der Waals surface area contributed by atoms with E-state index in [0.29, 0.717) is 35.7 Å². The molecule has 13 heteroatoms. The summed E-state index contributed by atoms with van der Waals surface area (Å²) in [7, 11) is -1.52. The molecule has 4 aliphatic heterocycles. The second kappa shape index (κ2) is 13.4. The fourth-order valence-corrected chi connectivity index (χ4v) is 11.4. The van der Waals surface area contributed by atoms with Gasteiger partial charge in [-0.3, -0.25) is 24.1 Å². The minimum atomic E-state index is -3.08. The van der Waals surface area contributed by atoms with E-state index in [4.69, 9.17) is 14.2 Å². The van der Waals surface area contributed by atoms with Crippen molar-refractivity contribution in [3.63, 3.8) is 0 Å². The molecule has 2 N–H and O–H groups in total. The van der Waals surface area contributed by atoms with Crippen LogP contribution in [-0.4, -0.2) is 78.9 Å². The van der Waals surface area contributed by atoms with E-state index in [0.717, 1.165) is 16.7 Å². The molecule has 1 spiro atoms. The molecule has 3 amide bonds. The van der Waals surface area contributed by atoms with Gasteiger partial charge in [0.2, 0.25) is 11.8 Å². The Morgan fingerprint density at radius 1 is 1.02 bits per heavy atom. The molecule has 7 rings (SSSR count). The Balaban J connectivity index is 1.21. The summed E-state index contributed by atoms with van der Waals surface area (Å²) in [6, 6.07) is 20.1. The number of anilines is 2. The molecular formula is C39H45N3O9Si. The number of hydrogen-bond acceptors (Lipinski definition) is 9. The third kappa shape index (κ3) is 5.99. The molecule has 12 nitrogen and oxygen atoms in total. The van der Waals surface area contributed by atoms with Crippen LogP contribution in [-0.2, 0) is 53.8 Å². The van der Waals surface area contributed by atoms with Crippen LogP contribution in [0, 0.1) is 5.92 Å². The first-order chi connectivity index (χ1) is 24.8. The predicted molar refractivity (Wildman–Crippen MR) is 194 cm³/mol. The Bertz CT molecular complexity index is 1930. The van der Waals surface area contributed by atoms with Crippen LogP contribution >= 0.6 is 0 Å². The average Bonchev–Trinajstić information content (AvgIpc) is 3.52. The predicted octanol–water partition coefficient (Wildman–Crippen LogP) is 4.00. The Labute approximate surface area is 304 Å². The van der Waals surface area contributed by atoms with Crippen LogP contribution in [0.1, 0.15) is 48.9 Å². The van der Waals surface area contributed by atoms with Crippen LogP contribution in [0.2, 0.25) is 18.6 Å². The monoisotopic (exact) mass is 727 g/mol. The lowest BCUT2D eigenvalue weighted by molar-refractivity contribution is -0.154. The zero-order valence-corrected chi connectivity index (χ0v) is 31.1. The van der Waals surface area contributed by atoms with E-state index in [1.165, 1.54) is 11.8 Å². The highest BCUT2D eigenvalue weighted by atomic mass is 28.4. The van der Waals surface area contributed by atoms with E-state index in [2.05, 4.69) is 0 Å². The van der Waals surface area contributed by atoms with Gasteiger partial charge in [-0.05, 0) is 66.5 Å². The van der Waals surface area contributed by atoms with Crippen LogP contribution in [0.15, 0.2) is 66.7 Å². The van der Waals surface area contributed by atoms with Gasteiger partial charge in [-0.2, -0.15) is 0 Å². The van der Waals surface area contributed by atoms with Crippen molar-refractivity contribution in [2.24, 2.45) is 5.92 Å². The number of carbonyl (C=O) groups is 4. The highest BCUT2D eigenvalue weighted by Gasteiger charge is 2.66. The molecule has 0 aliphatic carbocycles. The lowest BCUT2D eigenvalue weighted by Crippen LogP contribution is -2.54. The summed E-state index contributed by atoms with van der Waals surface area (Å²) < 4.78 is 17.9. The normalized spacial score (nSPS) is 26.7. The van der Waals surface area contributed by atoms with Crippen molar-refractivity contribution in [3.05, 3.63) is 89.0 Å². The molecule has 6 atom stereocenters. The Morgan fingerprint density at radius 2 is 1.77 bits per heavy atom. The number of aliphatic hydroxyl groups excluding tert-OH is 1. The second-order valence-electron chi connectivity index (χ2n) is 14.9. The Kier molecular flexibility index (Phi) is 9.26. The summed E-state index contributed by atoms with van der Waals surface area (Å²) in [6.45, 7) is 7.17. The summed E-state index contributed by atoms with van der Waals surface area (Å²) in [5, 5.41) is 10.3. The topological polar surface area (TPSA) is 146 Å². The van der Waals surface area contributed by atoms with Gasteiger partial charge < -0.3 is 33.9 Å². The zero-order chi connectivity index (χ0) is 37.1. The fourth-order valence-electron chi connectivity index (χ4n) is 8.84. The SMILES string of the molecule is COc1ccc2c(c1)[C@]1(O[C@@H](CC(=O)N3Cc4ccccc4C[C@H]3CO)[C@H]([Si](C)(C)O)[C@H]1C)C(=O)N2Cc1cccc(N2C(=O)CC2OC(C)=O)c1. The number of carbonyl (C=O) groups excluding carboxylic acids is 4. The maximum Gasteiger partial charge on any atom is 0.304 e. The standard InChI is InChI=1S/C39H45N3O9Si/c1-23-37(52(4,5)48)33(18-34(45)40-21-27-11-7-6-10-26(27)16-29(40)22-43)51-39(23)31-17-30(49-3)13-14-32(31)41(38(39)47)20-25-9-8-12-28(15-25)42-35(46)19-36(42)50-24(2)44/h6-15,17,23,29,33,36-37,43,48H,16,18-22H2,1-5H3/t23-,29+,33+,36?,37-,39+/m1/s1. The van der Waals surface area contributed by atoms with Gasteiger partial charge in [0, 0.05) is 36.2 Å². The average molecular weight is 728 g/mol. The third-order valence-electron chi connectivity index (χ3n) is 11.2. The van der Waals surface area contributed by atoms with Gasteiger partial charge >= 0.3 is 5.97 Å². The largest absolute Gasteiger partial charge is 0.497 e. The first-order valence-corrected chi connectivity index (χ1v) is 20.7. The van der Waals surface area contributed by atoms with Gasteiger partial charge in [0.15, 0.2) is 20.1 Å². The molecule has 274 valence electrons. The summed E-state index contributed by atoms with van der Waals surface area (Å²) in [5.74, 6) is -1.15. The molecule has 3 aromatic rings. The van der Waals surface area contributed by atoms with Gasteiger partial charge in [0.05, 0.1) is 50.9 Å². The number of benzene rings is 3. The fraction of sp³-hybridized carbons (Fsp3) is 0.436. The van der Waals surface area contributed by atoms with Gasteiger partial charge in [0.1, 0.15) is 5.75 Å². The van der Waals surface area contributed by atoms with Crippen LogP contribution in [0.4, 0.5) is 11.4 Å². The molecule has 0 bridgehead atoms. The summed E-state index contributed by atoms with van der Waals surface area (Å²) >= 11 is 0. The highest BCUT2D eigenvalue weighted by molar-refractivity contribution is 6.71. The number of hydrogen-bond donors (Lipinski definition) is 2. The molecule has 0 radical (unpaired) electrons. The zero-order valence-electron chi connectivity index (χ0n) is 30.1. The molecule has 2 fully saturated rings. The number of aliphatic hydroxyl groups is 1. The lowest BCUT2D eigenvalue weighted by atomic mass is 9.82. The van der Waals surface area contributed by atoms with Crippen LogP contribution in [0.3, 0.4) is 0 Å². The summed E-state index contributed by atoms with van der Waals surface area (Å²) in [4.78, 5) is 69.9. The van der Waals surface area contributed by atoms with E-state index in [1.807, 2.05) is 56.4 Å². The first kappa shape index (κ1) is 35.8. The van der Waals surface area contributed by atoms with Crippen molar-refractivity contribution in [2.45, 2.75) is 88.8 Å². The van der Waals surface area contributed by atoms with Gasteiger partial charge in [-0.1, -0.05) is 43.3 Å². The molecule has 0 aromatic heterocycles. The first-order valence-electron chi connectivity index (χ1n) is 17.7. The number of ether oxygens (including phenoxy) is 3. The van der Waals surface area contributed by atoms with E-state index in [1.54, 1.807) is 47.2 Å². The third-order valence-corrected chi connectivity index (χ3v) is 13.7. The van der Waals surface area contributed by atoms with Gasteiger partial charge in [-0.25, -0.2) is 0 Å². The van der Waals surface area contributed by atoms with E-state index >= 15 is 0 Å². The molecule has 3 aromatic carbocycles. The van der Waals surface area contributed by atoms with Crippen molar-refractivity contribution in [1.29, 1.82) is 0 Å². The number of amides is 3. The molecule has 1 unspecified atom stereocenters. The van der Waals surface area contributed by atoms with E-state index in [-0.39, 0.29) is 43.7 Å².